The summed E-state index contributed by atoms with van der Waals surface area (Å²) < 4.78 is 34.8. The van der Waals surface area contributed by atoms with Crippen molar-refractivity contribution in [1.82, 2.24) is 4.31 Å². The van der Waals surface area contributed by atoms with E-state index in [0.717, 1.165) is 11.3 Å². The third-order valence-corrected chi connectivity index (χ3v) is 7.68. The number of para-hydroxylation sites is 1. The van der Waals surface area contributed by atoms with Crippen molar-refractivity contribution in [1.29, 1.82) is 0 Å². The van der Waals surface area contributed by atoms with Crippen LogP contribution >= 0.6 is 11.3 Å². The average molecular weight is 416 g/mol. The van der Waals surface area contributed by atoms with Crippen molar-refractivity contribution >= 4 is 38.0 Å². The van der Waals surface area contributed by atoms with E-state index in [2.05, 4.69) is 35.2 Å². The minimum Gasteiger partial charge on any atom is -0.372 e. The SMILES string of the molecule is CN(C)S(=O)c1csc(S(N)(=O)=O)c1.c1ccc(N2CCCCC2)cc1. The summed E-state index contributed by atoms with van der Waals surface area (Å²) in [5.41, 5.74) is 1.39. The van der Waals surface area contributed by atoms with E-state index >= 15 is 0 Å². The molecule has 9 heteroatoms. The van der Waals surface area contributed by atoms with Gasteiger partial charge in [-0.05, 0) is 51.6 Å². The molecule has 1 saturated heterocycles. The quantitative estimate of drug-likeness (QED) is 0.832. The Morgan fingerprint density at radius 2 is 1.73 bits per heavy atom. The number of sulfonamides is 1. The molecule has 0 radical (unpaired) electrons. The molecular formula is C17H25N3O3S3. The molecule has 2 heterocycles. The number of nitrogens with two attached hydrogens (primary N) is 1. The number of thiophene rings is 1. The summed E-state index contributed by atoms with van der Waals surface area (Å²) in [5, 5.41) is 6.44. The maximum atomic E-state index is 11.5. The summed E-state index contributed by atoms with van der Waals surface area (Å²) in [7, 11) is -1.71. The van der Waals surface area contributed by atoms with E-state index in [-0.39, 0.29) is 4.21 Å². The summed E-state index contributed by atoms with van der Waals surface area (Å²) >= 11 is 0.970. The van der Waals surface area contributed by atoms with Crippen LogP contribution in [0.15, 0.2) is 50.9 Å². The predicted octanol–water partition coefficient (Wildman–Crippen LogP) is 2.66. The van der Waals surface area contributed by atoms with Crippen molar-refractivity contribution in [2.45, 2.75) is 28.4 Å². The molecule has 1 fully saturated rings. The van der Waals surface area contributed by atoms with Gasteiger partial charge in [-0.25, -0.2) is 22.1 Å². The van der Waals surface area contributed by atoms with Crippen LogP contribution in [-0.4, -0.2) is 44.1 Å². The van der Waals surface area contributed by atoms with Crippen molar-refractivity contribution < 1.29 is 12.6 Å². The summed E-state index contributed by atoms with van der Waals surface area (Å²) in [4.78, 5) is 2.92. The summed E-state index contributed by atoms with van der Waals surface area (Å²) in [5.74, 6) is 0. The fourth-order valence-corrected chi connectivity index (χ4v) is 5.27. The van der Waals surface area contributed by atoms with Crippen LogP contribution in [-0.2, 0) is 21.0 Å². The molecule has 1 aliphatic heterocycles. The van der Waals surface area contributed by atoms with Gasteiger partial charge in [0.15, 0.2) is 0 Å². The fraction of sp³-hybridized carbons (Fsp3) is 0.412. The lowest BCUT2D eigenvalue weighted by Crippen LogP contribution is -2.29. The molecule has 6 nitrogen and oxygen atoms in total. The summed E-state index contributed by atoms with van der Waals surface area (Å²) in [6.45, 7) is 2.48. The van der Waals surface area contributed by atoms with Crippen LogP contribution in [0.4, 0.5) is 5.69 Å². The number of nitrogens with zero attached hydrogens (tertiary/aromatic N) is 2. The number of anilines is 1. The molecule has 2 aromatic rings. The Kier molecular flexibility index (Phi) is 7.78. The minimum atomic E-state index is -3.68. The molecule has 2 N–H and O–H groups in total. The molecule has 26 heavy (non-hydrogen) atoms. The van der Waals surface area contributed by atoms with Crippen molar-refractivity contribution in [2.24, 2.45) is 5.14 Å². The van der Waals surface area contributed by atoms with Gasteiger partial charge in [0.25, 0.3) is 0 Å². The highest BCUT2D eigenvalue weighted by molar-refractivity contribution is 7.91. The first-order chi connectivity index (χ1) is 12.3. The summed E-state index contributed by atoms with van der Waals surface area (Å²) in [6, 6.07) is 12.0. The Hall–Kier alpha value is -1.26. The molecule has 0 saturated carbocycles. The Morgan fingerprint density at radius 1 is 1.12 bits per heavy atom. The van der Waals surface area contributed by atoms with Gasteiger partial charge in [-0.3, -0.25) is 0 Å². The highest BCUT2D eigenvalue weighted by Crippen LogP contribution is 2.22. The van der Waals surface area contributed by atoms with Crippen LogP contribution in [0.2, 0.25) is 0 Å². The predicted molar refractivity (Wildman–Crippen MR) is 108 cm³/mol. The van der Waals surface area contributed by atoms with Crippen LogP contribution in [0.5, 0.6) is 0 Å². The van der Waals surface area contributed by atoms with Gasteiger partial charge in [0, 0.05) is 24.2 Å². The van der Waals surface area contributed by atoms with Gasteiger partial charge in [0.1, 0.15) is 15.2 Å². The normalized spacial score (nSPS) is 16.1. The highest BCUT2D eigenvalue weighted by atomic mass is 32.2. The molecular weight excluding hydrogens is 390 g/mol. The van der Waals surface area contributed by atoms with Crippen molar-refractivity contribution in [3.05, 3.63) is 41.8 Å². The number of rotatable bonds is 4. The molecule has 144 valence electrons. The smallest absolute Gasteiger partial charge is 0.247 e. The zero-order chi connectivity index (χ0) is 19.2. The zero-order valence-electron chi connectivity index (χ0n) is 15.0. The molecule has 1 unspecified atom stereocenters. The lowest BCUT2D eigenvalue weighted by Gasteiger charge is -2.28. The number of primary sulfonamides is 1. The number of piperidine rings is 1. The van der Waals surface area contributed by atoms with Gasteiger partial charge in [0.05, 0.1) is 4.90 Å². The maximum Gasteiger partial charge on any atom is 0.247 e. The molecule has 1 aliphatic rings. The second-order valence-corrected chi connectivity index (χ2v) is 10.5. The van der Waals surface area contributed by atoms with Crippen molar-refractivity contribution in [2.75, 3.05) is 32.1 Å². The fourth-order valence-electron chi connectivity index (χ4n) is 2.54. The Bertz CT molecular complexity index is 814. The first-order valence-electron chi connectivity index (χ1n) is 8.29. The molecule has 0 aliphatic carbocycles. The van der Waals surface area contributed by atoms with Gasteiger partial charge in [0.2, 0.25) is 10.0 Å². The Morgan fingerprint density at radius 3 is 2.23 bits per heavy atom. The van der Waals surface area contributed by atoms with E-state index < -0.39 is 21.0 Å². The van der Waals surface area contributed by atoms with E-state index in [1.165, 1.54) is 53.8 Å². The van der Waals surface area contributed by atoms with E-state index in [4.69, 9.17) is 5.14 Å². The molecule has 1 aromatic carbocycles. The molecule has 0 bridgehead atoms. The van der Waals surface area contributed by atoms with Crippen LogP contribution in [0.3, 0.4) is 0 Å². The van der Waals surface area contributed by atoms with E-state index in [1.54, 1.807) is 14.1 Å². The first-order valence-corrected chi connectivity index (χ1v) is 11.8. The van der Waals surface area contributed by atoms with Crippen LogP contribution < -0.4 is 10.0 Å². The van der Waals surface area contributed by atoms with Gasteiger partial charge in [-0.15, -0.1) is 11.3 Å². The standard InChI is InChI=1S/C11H15N.C6H10N2O3S3/c1-3-7-11(8-4-1)12-9-5-2-6-10-12;1-8(2)13(9)5-3-6(12-4-5)14(7,10)11/h1,3-4,7-8H,2,5-6,9-10H2;3-4H,1-2H3,(H2,7,10,11). The van der Waals surface area contributed by atoms with Gasteiger partial charge >= 0.3 is 0 Å². The second-order valence-electron chi connectivity index (χ2n) is 6.09. The van der Waals surface area contributed by atoms with Gasteiger partial charge < -0.3 is 4.90 Å². The topological polar surface area (TPSA) is 83.7 Å². The summed E-state index contributed by atoms with van der Waals surface area (Å²) in [6.07, 6.45) is 4.12. The molecule has 0 amide bonds. The third kappa shape index (κ3) is 6.17. The number of hydrogen-bond donors (Lipinski definition) is 1. The van der Waals surface area contributed by atoms with Crippen LogP contribution in [0.25, 0.3) is 0 Å². The minimum absolute atomic E-state index is 0.0303. The zero-order valence-corrected chi connectivity index (χ0v) is 17.4. The Balaban J connectivity index is 0.000000189. The average Bonchev–Trinajstić information content (AvgIpc) is 3.13. The molecule has 0 spiro atoms. The van der Waals surface area contributed by atoms with E-state index in [0.29, 0.717) is 4.90 Å². The van der Waals surface area contributed by atoms with E-state index in [9.17, 15) is 12.6 Å². The molecule has 1 atom stereocenters. The monoisotopic (exact) mass is 415 g/mol. The Labute approximate surface area is 162 Å². The molecule has 1 aromatic heterocycles. The molecule has 3 rings (SSSR count). The third-order valence-electron chi connectivity index (χ3n) is 3.84. The van der Waals surface area contributed by atoms with Crippen molar-refractivity contribution in [3.8, 4) is 0 Å². The maximum absolute atomic E-state index is 11.5. The van der Waals surface area contributed by atoms with Gasteiger partial charge in [-0.1, -0.05) is 18.2 Å². The second kappa shape index (κ2) is 9.61. The lowest BCUT2D eigenvalue weighted by atomic mass is 10.1. The van der Waals surface area contributed by atoms with Crippen LogP contribution in [0, 0.1) is 0 Å². The highest BCUT2D eigenvalue weighted by Gasteiger charge is 2.15. The number of benzene rings is 1. The first kappa shape index (κ1) is 21.0. The lowest BCUT2D eigenvalue weighted by molar-refractivity contribution is 0.578. The van der Waals surface area contributed by atoms with E-state index in [1.807, 2.05) is 0 Å². The largest absolute Gasteiger partial charge is 0.372 e. The van der Waals surface area contributed by atoms with Crippen LogP contribution in [0.1, 0.15) is 19.3 Å². The van der Waals surface area contributed by atoms with Crippen molar-refractivity contribution in [3.63, 3.8) is 0 Å². The number of hydrogen-bond acceptors (Lipinski definition) is 5. The van der Waals surface area contributed by atoms with Gasteiger partial charge in [-0.2, -0.15) is 0 Å².